The fourth-order valence-corrected chi connectivity index (χ4v) is 3.72. The minimum absolute atomic E-state index is 0.0218. The van der Waals surface area contributed by atoms with Crippen LogP contribution in [0.1, 0.15) is 30.1 Å². The van der Waals surface area contributed by atoms with E-state index in [4.69, 9.17) is 14.0 Å². The molecule has 0 amide bonds. The van der Waals surface area contributed by atoms with E-state index in [9.17, 15) is 13.2 Å². The maximum Gasteiger partial charge on any atom is 0.338 e. The summed E-state index contributed by atoms with van der Waals surface area (Å²) in [5.41, 5.74) is 0.748. The van der Waals surface area contributed by atoms with Crippen molar-refractivity contribution in [3.8, 4) is 17.1 Å². The van der Waals surface area contributed by atoms with Crippen LogP contribution >= 0.6 is 0 Å². The standard InChI is InChI=1S/C20H21N3O6S/c1-3-21-30(25,26)15-9-7-8-14(12-15)20(24)28-13-18-22-19(23-29-18)16-10-5-6-11-17(16)27-4-2/h5-12,21H,3-4,13H2,1-2H3. The van der Waals surface area contributed by atoms with E-state index < -0.39 is 16.0 Å². The minimum atomic E-state index is -3.68. The zero-order chi connectivity index (χ0) is 21.6. The fraction of sp³-hybridized carbons (Fsp3) is 0.250. The van der Waals surface area contributed by atoms with Crippen LogP contribution in [0.25, 0.3) is 11.4 Å². The monoisotopic (exact) mass is 431 g/mol. The Labute approximate surface area is 174 Å². The molecular formula is C20H21N3O6S. The summed E-state index contributed by atoms with van der Waals surface area (Å²) in [5, 5.41) is 3.90. The summed E-state index contributed by atoms with van der Waals surface area (Å²) in [6.45, 7) is 4.01. The number of hydrogen-bond acceptors (Lipinski definition) is 8. The highest BCUT2D eigenvalue weighted by atomic mass is 32.2. The number of hydrogen-bond donors (Lipinski definition) is 1. The number of aromatic nitrogens is 2. The number of rotatable bonds is 9. The first kappa shape index (κ1) is 21.5. The molecule has 0 spiro atoms. The van der Waals surface area contributed by atoms with Crippen LogP contribution in [0.3, 0.4) is 0 Å². The lowest BCUT2D eigenvalue weighted by Gasteiger charge is -2.07. The molecular weight excluding hydrogens is 410 g/mol. The maximum absolute atomic E-state index is 12.3. The SMILES string of the molecule is CCNS(=O)(=O)c1cccc(C(=O)OCc2nc(-c3ccccc3OCC)no2)c1. The molecule has 1 N–H and O–H groups in total. The topological polar surface area (TPSA) is 121 Å². The van der Waals surface area contributed by atoms with Crippen LogP contribution in [0.15, 0.2) is 57.9 Å². The fourth-order valence-electron chi connectivity index (χ4n) is 2.63. The largest absolute Gasteiger partial charge is 0.493 e. The first-order valence-electron chi connectivity index (χ1n) is 9.26. The number of nitrogens with one attached hydrogen (secondary N) is 1. The number of ether oxygens (including phenoxy) is 2. The van der Waals surface area contributed by atoms with Gasteiger partial charge in [-0.2, -0.15) is 4.98 Å². The van der Waals surface area contributed by atoms with E-state index in [1.54, 1.807) is 19.1 Å². The molecule has 0 unspecified atom stereocenters. The van der Waals surface area contributed by atoms with Crippen LogP contribution < -0.4 is 9.46 Å². The number of carbonyl (C=O) groups excluding carboxylic acids is 1. The van der Waals surface area contributed by atoms with Crippen molar-refractivity contribution in [2.45, 2.75) is 25.3 Å². The van der Waals surface area contributed by atoms with Crippen molar-refractivity contribution in [3.63, 3.8) is 0 Å². The van der Waals surface area contributed by atoms with Gasteiger partial charge in [-0.1, -0.05) is 30.3 Å². The zero-order valence-corrected chi connectivity index (χ0v) is 17.3. The van der Waals surface area contributed by atoms with Gasteiger partial charge in [0.25, 0.3) is 5.89 Å². The maximum atomic E-state index is 12.3. The molecule has 2 aromatic carbocycles. The Balaban J connectivity index is 1.70. The molecule has 1 aromatic heterocycles. The summed E-state index contributed by atoms with van der Waals surface area (Å²) in [4.78, 5) is 16.5. The van der Waals surface area contributed by atoms with Crippen LogP contribution in [0.5, 0.6) is 5.75 Å². The van der Waals surface area contributed by atoms with Crippen LogP contribution in [-0.2, 0) is 21.4 Å². The Morgan fingerprint density at radius 2 is 1.93 bits per heavy atom. The second kappa shape index (κ2) is 9.51. The molecule has 30 heavy (non-hydrogen) atoms. The van der Waals surface area contributed by atoms with Gasteiger partial charge < -0.3 is 14.0 Å². The molecule has 0 saturated heterocycles. The lowest BCUT2D eigenvalue weighted by Crippen LogP contribution is -2.23. The highest BCUT2D eigenvalue weighted by Crippen LogP contribution is 2.27. The van der Waals surface area contributed by atoms with Gasteiger partial charge in [0, 0.05) is 6.54 Å². The van der Waals surface area contributed by atoms with E-state index >= 15 is 0 Å². The van der Waals surface area contributed by atoms with Gasteiger partial charge in [0.2, 0.25) is 15.8 Å². The van der Waals surface area contributed by atoms with Crippen molar-refractivity contribution in [2.75, 3.05) is 13.2 Å². The van der Waals surface area contributed by atoms with E-state index in [-0.39, 0.29) is 29.5 Å². The molecule has 0 fully saturated rings. The lowest BCUT2D eigenvalue weighted by molar-refractivity contribution is 0.0429. The van der Waals surface area contributed by atoms with Crippen molar-refractivity contribution in [2.24, 2.45) is 0 Å². The molecule has 0 aliphatic heterocycles. The van der Waals surface area contributed by atoms with E-state index in [1.165, 1.54) is 24.3 Å². The van der Waals surface area contributed by atoms with E-state index in [1.807, 2.05) is 19.1 Å². The van der Waals surface area contributed by atoms with Gasteiger partial charge in [-0.3, -0.25) is 0 Å². The summed E-state index contributed by atoms with van der Waals surface area (Å²) in [6, 6.07) is 12.8. The number of benzene rings is 2. The summed E-state index contributed by atoms with van der Waals surface area (Å²) >= 11 is 0. The van der Waals surface area contributed by atoms with Crippen molar-refractivity contribution in [1.29, 1.82) is 0 Å². The Kier molecular flexibility index (Phi) is 6.80. The molecule has 0 saturated carbocycles. The second-order valence-electron chi connectivity index (χ2n) is 6.05. The molecule has 0 aliphatic rings. The quantitative estimate of drug-likeness (QED) is 0.514. The molecule has 9 nitrogen and oxygen atoms in total. The first-order valence-corrected chi connectivity index (χ1v) is 10.7. The second-order valence-corrected chi connectivity index (χ2v) is 7.81. The number of para-hydroxylation sites is 1. The van der Waals surface area contributed by atoms with Crippen LogP contribution in [-0.4, -0.2) is 37.7 Å². The van der Waals surface area contributed by atoms with Crippen LogP contribution in [0.2, 0.25) is 0 Å². The average Bonchev–Trinajstić information content (AvgIpc) is 3.21. The minimum Gasteiger partial charge on any atom is -0.493 e. The Hall–Kier alpha value is -3.24. The van der Waals surface area contributed by atoms with Crippen molar-refractivity contribution in [3.05, 3.63) is 60.0 Å². The van der Waals surface area contributed by atoms with Gasteiger partial charge in [-0.25, -0.2) is 17.9 Å². The van der Waals surface area contributed by atoms with Gasteiger partial charge in [0.1, 0.15) is 5.75 Å². The van der Waals surface area contributed by atoms with E-state index in [2.05, 4.69) is 14.9 Å². The lowest BCUT2D eigenvalue weighted by atomic mass is 10.2. The Bertz CT molecular complexity index is 1130. The Morgan fingerprint density at radius 1 is 1.13 bits per heavy atom. The van der Waals surface area contributed by atoms with Crippen LogP contribution in [0.4, 0.5) is 0 Å². The molecule has 158 valence electrons. The summed E-state index contributed by atoms with van der Waals surface area (Å²) in [6.07, 6.45) is 0. The van der Waals surface area contributed by atoms with Gasteiger partial charge in [-0.05, 0) is 37.3 Å². The molecule has 10 heteroatoms. The zero-order valence-electron chi connectivity index (χ0n) is 16.5. The number of sulfonamides is 1. The summed E-state index contributed by atoms with van der Waals surface area (Å²) in [7, 11) is -3.68. The summed E-state index contributed by atoms with van der Waals surface area (Å²) in [5.74, 6) is 0.311. The molecule has 1 heterocycles. The first-order chi connectivity index (χ1) is 14.4. The number of carbonyl (C=O) groups is 1. The van der Waals surface area contributed by atoms with Gasteiger partial charge in [0.15, 0.2) is 6.61 Å². The van der Waals surface area contributed by atoms with Crippen molar-refractivity contribution >= 4 is 16.0 Å². The van der Waals surface area contributed by atoms with Crippen LogP contribution in [0, 0.1) is 0 Å². The van der Waals surface area contributed by atoms with Gasteiger partial charge >= 0.3 is 5.97 Å². The molecule has 0 bridgehead atoms. The van der Waals surface area contributed by atoms with E-state index in [0.717, 1.165) is 0 Å². The normalized spacial score (nSPS) is 11.3. The highest BCUT2D eigenvalue weighted by molar-refractivity contribution is 7.89. The third-order valence-corrected chi connectivity index (χ3v) is 5.48. The summed E-state index contributed by atoms with van der Waals surface area (Å²) < 4.78 is 42.4. The number of esters is 1. The molecule has 3 rings (SSSR count). The number of nitrogens with zero attached hydrogens (tertiary/aromatic N) is 2. The van der Waals surface area contributed by atoms with Gasteiger partial charge in [0.05, 0.1) is 22.6 Å². The smallest absolute Gasteiger partial charge is 0.338 e. The highest BCUT2D eigenvalue weighted by Gasteiger charge is 2.18. The third kappa shape index (κ3) is 5.02. The predicted octanol–water partition coefficient (Wildman–Crippen LogP) is 2.79. The van der Waals surface area contributed by atoms with Crippen molar-refractivity contribution < 1.29 is 27.2 Å². The predicted molar refractivity (Wildman–Crippen MR) is 107 cm³/mol. The van der Waals surface area contributed by atoms with E-state index in [0.29, 0.717) is 23.7 Å². The molecule has 0 atom stereocenters. The average molecular weight is 431 g/mol. The van der Waals surface area contributed by atoms with Crippen molar-refractivity contribution in [1.82, 2.24) is 14.9 Å². The van der Waals surface area contributed by atoms with Gasteiger partial charge in [-0.15, -0.1) is 0 Å². The molecule has 3 aromatic rings. The Morgan fingerprint density at radius 3 is 2.70 bits per heavy atom. The molecule has 0 aliphatic carbocycles. The third-order valence-electron chi connectivity index (χ3n) is 3.94. The molecule has 0 radical (unpaired) electrons.